The molecule has 7 nitrogen and oxygen atoms in total. The zero-order chi connectivity index (χ0) is 16.8. The highest BCUT2D eigenvalue weighted by Gasteiger charge is 2.39. The van der Waals surface area contributed by atoms with Crippen molar-refractivity contribution in [3.8, 4) is 0 Å². The van der Waals surface area contributed by atoms with E-state index in [1.165, 1.54) is 4.90 Å². The summed E-state index contributed by atoms with van der Waals surface area (Å²) < 4.78 is 0. The highest BCUT2D eigenvalue weighted by atomic mass is 16.2. The minimum Gasteiger partial charge on any atom is -0.333 e. The van der Waals surface area contributed by atoms with Gasteiger partial charge in [-0.15, -0.1) is 0 Å². The quantitative estimate of drug-likeness (QED) is 0.339. The summed E-state index contributed by atoms with van der Waals surface area (Å²) in [6.07, 6.45) is 1.80. The maximum absolute atomic E-state index is 12.4. The first kappa shape index (κ1) is 17.0. The van der Waals surface area contributed by atoms with Gasteiger partial charge in [-0.05, 0) is 12.0 Å². The molecule has 0 spiro atoms. The summed E-state index contributed by atoms with van der Waals surface area (Å²) in [5.41, 5.74) is 2.71. The molecule has 2 rings (SSSR count). The summed E-state index contributed by atoms with van der Waals surface area (Å²) >= 11 is 0. The number of rotatable bonds is 6. The van der Waals surface area contributed by atoms with E-state index in [2.05, 4.69) is 5.43 Å². The molecule has 7 heteroatoms. The average molecular weight is 318 g/mol. The molecule has 1 fully saturated rings. The van der Waals surface area contributed by atoms with E-state index < -0.39 is 23.8 Å². The summed E-state index contributed by atoms with van der Waals surface area (Å²) in [6.45, 7) is 3.32. The molecule has 0 aliphatic carbocycles. The summed E-state index contributed by atoms with van der Waals surface area (Å²) in [6, 6.07) is 7.94. The largest absolute Gasteiger partial charge is 0.333 e. The van der Waals surface area contributed by atoms with Crippen molar-refractivity contribution >= 4 is 17.7 Å². The molecule has 0 radical (unpaired) electrons. The summed E-state index contributed by atoms with van der Waals surface area (Å²) in [7, 11) is 0. The third-order valence-electron chi connectivity index (χ3n) is 3.94. The second-order valence-electron chi connectivity index (χ2n) is 5.47. The molecule has 3 amide bonds. The number of carbonyl (C=O) groups is 3. The Morgan fingerprint density at radius 3 is 2.52 bits per heavy atom. The molecule has 124 valence electrons. The Bertz CT molecular complexity index is 576. The molecule has 1 unspecified atom stereocenters. The fraction of sp³-hybridized carbons (Fsp3) is 0.438. The van der Waals surface area contributed by atoms with E-state index in [9.17, 15) is 14.4 Å². The van der Waals surface area contributed by atoms with Crippen molar-refractivity contribution in [2.75, 3.05) is 19.6 Å². The number of piperazine rings is 1. The highest BCUT2D eigenvalue weighted by molar-refractivity contribution is 6.35. The number of amides is 3. The van der Waals surface area contributed by atoms with Crippen molar-refractivity contribution < 1.29 is 14.4 Å². The molecule has 0 bridgehead atoms. The lowest BCUT2D eigenvalue weighted by atomic mass is 10.0. The Morgan fingerprint density at radius 1 is 1.22 bits per heavy atom. The standard InChI is InChI=1S/C16H22N4O3/c1-2-3-9-19-10-11-20(16(23)15(19)22)13(14(21)18-17)12-7-5-4-6-8-12/h4-8,13H,2-3,9-11,17H2,1H3,(H,18,21). The number of benzene rings is 1. The number of hydrazine groups is 1. The van der Waals surface area contributed by atoms with Crippen LogP contribution in [0.25, 0.3) is 0 Å². The van der Waals surface area contributed by atoms with Crippen LogP contribution in [0.3, 0.4) is 0 Å². The molecule has 23 heavy (non-hydrogen) atoms. The predicted molar refractivity (Wildman–Crippen MR) is 84.7 cm³/mol. The van der Waals surface area contributed by atoms with Gasteiger partial charge in [0.1, 0.15) is 6.04 Å². The minimum atomic E-state index is -0.897. The number of hydrogen-bond donors (Lipinski definition) is 2. The molecule has 1 aliphatic heterocycles. The van der Waals surface area contributed by atoms with Crippen molar-refractivity contribution in [3.63, 3.8) is 0 Å². The Labute approximate surface area is 135 Å². The van der Waals surface area contributed by atoms with Gasteiger partial charge in [-0.2, -0.15) is 0 Å². The van der Waals surface area contributed by atoms with Crippen molar-refractivity contribution in [3.05, 3.63) is 35.9 Å². The molecular weight excluding hydrogens is 296 g/mol. The molecule has 1 atom stereocenters. The number of hydrogen-bond acceptors (Lipinski definition) is 4. The summed E-state index contributed by atoms with van der Waals surface area (Å²) in [5.74, 6) is 3.52. The molecule has 0 saturated carbocycles. The van der Waals surface area contributed by atoms with Gasteiger partial charge in [0.05, 0.1) is 0 Å². The SMILES string of the molecule is CCCCN1CCN(C(C(=O)NN)c2ccccc2)C(=O)C1=O. The van der Waals surface area contributed by atoms with Crippen LogP contribution in [0.15, 0.2) is 30.3 Å². The van der Waals surface area contributed by atoms with Crippen LogP contribution in [0.5, 0.6) is 0 Å². The third kappa shape index (κ3) is 3.68. The van der Waals surface area contributed by atoms with E-state index in [0.29, 0.717) is 25.2 Å². The van der Waals surface area contributed by atoms with Crippen LogP contribution in [0.1, 0.15) is 31.4 Å². The lowest BCUT2D eigenvalue weighted by molar-refractivity contribution is -0.159. The van der Waals surface area contributed by atoms with Crippen LogP contribution in [0.2, 0.25) is 0 Å². The van der Waals surface area contributed by atoms with Crippen LogP contribution in [0, 0.1) is 0 Å². The van der Waals surface area contributed by atoms with Gasteiger partial charge >= 0.3 is 11.8 Å². The van der Waals surface area contributed by atoms with Crippen LogP contribution >= 0.6 is 0 Å². The topological polar surface area (TPSA) is 95.7 Å². The second-order valence-corrected chi connectivity index (χ2v) is 5.47. The Kier molecular flexibility index (Phi) is 5.70. The average Bonchev–Trinajstić information content (AvgIpc) is 2.59. The highest BCUT2D eigenvalue weighted by Crippen LogP contribution is 2.23. The number of nitrogens with two attached hydrogens (primary N) is 1. The van der Waals surface area contributed by atoms with E-state index in [1.54, 1.807) is 29.2 Å². The Balaban J connectivity index is 2.22. The number of nitrogens with one attached hydrogen (secondary N) is 1. The third-order valence-corrected chi connectivity index (χ3v) is 3.94. The number of carbonyl (C=O) groups excluding carboxylic acids is 3. The lowest BCUT2D eigenvalue weighted by Gasteiger charge is -2.37. The monoisotopic (exact) mass is 318 g/mol. The van der Waals surface area contributed by atoms with Crippen molar-refractivity contribution in [2.24, 2.45) is 5.84 Å². The van der Waals surface area contributed by atoms with Crippen molar-refractivity contribution in [1.29, 1.82) is 0 Å². The van der Waals surface area contributed by atoms with E-state index >= 15 is 0 Å². The Morgan fingerprint density at radius 2 is 1.91 bits per heavy atom. The number of unbranched alkanes of at least 4 members (excludes halogenated alkanes) is 1. The molecule has 3 N–H and O–H groups in total. The molecule has 1 heterocycles. The first-order valence-corrected chi connectivity index (χ1v) is 7.75. The van der Waals surface area contributed by atoms with Crippen LogP contribution in [0.4, 0.5) is 0 Å². The first-order valence-electron chi connectivity index (χ1n) is 7.75. The van der Waals surface area contributed by atoms with E-state index in [1.807, 2.05) is 13.0 Å². The van der Waals surface area contributed by atoms with Crippen molar-refractivity contribution in [1.82, 2.24) is 15.2 Å². The van der Waals surface area contributed by atoms with Gasteiger partial charge in [0, 0.05) is 19.6 Å². The zero-order valence-electron chi connectivity index (χ0n) is 13.2. The minimum absolute atomic E-state index is 0.307. The van der Waals surface area contributed by atoms with Gasteiger partial charge in [-0.25, -0.2) is 5.84 Å². The van der Waals surface area contributed by atoms with E-state index in [0.717, 1.165) is 12.8 Å². The van der Waals surface area contributed by atoms with E-state index in [-0.39, 0.29) is 0 Å². The second kappa shape index (κ2) is 7.73. The molecule has 1 aromatic carbocycles. The molecule has 1 saturated heterocycles. The first-order chi connectivity index (χ1) is 11.1. The van der Waals surface area contributed by atoms with Gasteiger partial charge in [0.25, 0.3) is 5.91 Å². The molecule has 0 aromatic heterocycles. The van der Waals surface area contributed by atoms with Gasteiger partial charge < -0.3 is 9.80 Å². The maximum atomic E-state index is 12.4. The summed E-state index contributed by atoms with van der Waals surface area (Å²) in [4.78, 5) is 39.7. The summed E-state index contributed by atoms with van der Waals surface area (Å²) in [5, 5.41) is 0. The number of nitrogens with zero attached hydrogens (tertiary/aromatic N) is 2. The smallest absolute Gasteiger partial charge is 0.313 e. The fourth-order valence-electron chi connectivity index (χ4n) is 2.69. The van der Waals surface area contributed by atoms with Crippen LogP contribution in [-0.2, 0) is 14.4 Å². The van der Waals surface area contributed by atoms with Crippen LogP contribution in [-0.4, -0.2) is 47.2 Å². The Hall–Kier alpha value is -2.41. The molecular formula is C16H22N4O3. The lowest BCUT2D eigenvalue weighted by Crippen LogP contribution is -2.57. The van der Waals surface area contributed by atoms with Crippen LogP contribution < -0.4 is 11.3 Å². The zero-order valence-corrected chi connectivity index (χ0v) is 13.2. The molecule has 1 aliphatic rings. The predicted octanol–water partition coefficient (Wildman–Crippen LogP) is 0.189. The fourth-order valence-corrected chi connectivity index (χ4v) is 2.69. The van der Waals surface area contributed by atoms with Gasteiger partial charge in [-0.1, -0.05) is 43.7 Å². The molecule has 1 aromatic rings. The van der Waals surface area contributed by atoms with Gasteiger partial charge in [0.2, 0.25) is 0 Å². The van der Waals surface area contributed by atoms with E-state index in [4.69, 9.17) is 5.84 Å². The maximum Gasteiger partial charge on any atom is 0.313 e. The van der Waals surface area contributed by atoms with Gasteiger partial charge in [0.15, 0.2) is 0 Å². The van der Waals surface area contributed by atoms with Crippen molar-refractivity contribution in [2.45, 2.75) is 25.8 Å². The van der Waals surface area contributed by atoms with Gasteiger partial charge in [-0.3, -0.25) is 19.8 Å². The normalized spacial score (nSPS) is 16.4.